The molecule has 0 radical (unpaired) electrons. The summed E-state index contributed by atoms with van der Waals surface area (Å²) in [6, 6.07) is 10.4. The lowest BCUT2D eigenvalue weighted by atomic mass is 9.93. The van der Waals surface area contributed by atoms with Gasteiger partial charge in [-0.2, -0.15) is 5.10 Å². The molecule has 4 heterocycles. The van der Waals surface area contributed by atoms with Crippen LogP contribution in [0, 0.1) is 0 Å². The van der Waals surface area contributed by atoms with Gasteiger partial charge >= 0.3 is 0 Å². The number of hydrogen-bond donors (Lipinski definition) is 0. The van der Waals surface area contributed by atoms with Crippen molar-refractivity contribution < 1.29 is 9.47 Å². The summed E-state index contributed by atoms with van der Waals surface area (Å²) in [5, 5.41) is 4.44. The minimum absolute atomic E-state index is 0.539. The molecule has 0 spiro atoms. The molecule has 0 aliphatic carbocycles. The van der Waals surface area contributed by atoms with Crippen LogP contribution in [-0.4, -0.2) is 45.8 Å². The molecule has 3 aromatic rings. The molecule has 1 fully saturated rings. The number of rotatable bonds is 3. The molecule has 0 bridgehead atoms. The van der Waals surface area contributed by atoms with Gasteiger partial charge in [0.2, 0.25) is 0 Å². The smallest absolute Gasteiger partial charge is 0.161 e. The van der Waals surface area contributed by atoms with E-state index in [0.717, 1.165) is 49.6 Å². The molecule has 134 valence electrons. The molecule has 6 nitrogen and oxygen atoms in total. The Morgan fingerprint density at radius 3 is 2.69 bits per heavy atom. The normalized spacial score (nSPS) is 18.3. The Balaban J connectivity index is 1.25. The first-order chi connectivity index (χ1) is 12.9. The Hall–Kier alpha value is -2.60. The van der Waals surface area contributed by atoms with Crippen LogP contribution in [0.3, 0.4) is 0 Å². The molecule has 1 aromatic carbocycles. The molecule has 1 saturated heterocycles. The minimum Gasteiger partial charge on any atom is -0.486 e. The summed E-state index contributed by atoms with van der Waals surface area (Å²) in [6.07, 6.45) is 6.00. The first-order valence-corrected chi connectivity index (χ1v) is 9.26. The quantitative estimate of drug-likeness (QED) is 0.727. The minimum atomic E-state index is 0.539. The maximum atomic E-state index is 5.70. The summed E-state index contributed by atoms with van der Waals surface area (Å²) in [4.78, 5) is 6.89. The predicted molar refractivity (Wildman–Crippen MR) is 97.7 cm³/mol. The van der Waals surface area contributed by atoms with E-state index >= 15 is 0 Å². The van der Waals surface area contributed by atoms with Gasteiger partial charge in [-0.1, -0.05) is 6.07 Å². The Morgan fingerprint density at radius 1 is 0.962 bits per heavy atom. The van der Waals surface area contributed by atoms with Crippen molar-refractivity contribution in [2.45, 2.75) is 25.3 Å². The molecule has 0 amide bonds. The predicted octanol–water partition coefficient (Wildman–Crippen LogP) is 2.88. The molecule has 0 saturated carbocycles. The second kappa shape index (κ2) is 6.61. The monoisotopic (exact) mass is 350 g/mol. The van der Waals surface area contributed by atoms with E-state index in [0.29, 0.717) is 19.1 Å². The summed E-state index contributed by atoms with van der Waals surface area (Å²) in [6.45, 7) is 4.40. The van der Waals surface area contributed by atoms with E-state index in [1.54, 1.807) is 0 Å². The molecule has 2 aromatic heterocycles. The number of fused-ring (bicyclic) bond motifs is 2. The molecule has 2 aliphatic rings. The highest BCUT2D eigenvalue weighted by atomic mass is 16.6. The zero-order valence-electron chi connectivity index (χ0n) is 14.7. The fraction of sp³-hybridized carbons (Fsp3) is 0.400. The maximum Gasteiger partial charge on any atom is 0.161 e. The molecule has 2 aliphatic heterocycles. The van der Waals surface area contributed by atoms with Crippen LogP contribution in [-0.2, 0) is 6.54 Å². The van der Waals surface area contributed by atoms with Crippen LogP contribution in [0.5, 0.6) is 11.5 Å². The topological polar surface area (TPSA) is 51.9 Å². The first kappa shape index (κ1) is 15.6. The van der Waals surface area contributed by atoms with E-state index in [9.17, 15) is 0 Å². The van der Waals surface area contributed by atoms with Crippen molar-refractivity contribution in [1.29, 1.82) is 0 Å². The first-order valence-electron chi connectivity index (χ1n) is 9.26. The van der Waals surface area contributed by atoms with Crippen molar-refractivity contribution in [3.05, 3.63) is 54.0 Å². The Morgan fingerprint density at radius 2 is 1.81 bits per heavy atom. The zero-order chi connectivity index (χ0) is 17.3. The maximum absolute atomic E-state index is 5.70. The summed E-state index contributed by atoms with van der Waals surface area (Å²) < 4.78 is 13.3. The lowest BCUT2D eigenvalue weighted by molar-refractivity contribution is 0.170. The molecular formula is C20H22N4O2. The summed E-state index contributed by atoms with van der Waals surface area (Å²) in [5.74, 6) is 2.28. The second-order valence-electron chi connectivity index (χ2n) is 7.00. The van der Waals surface area contributed by atoms with Gasteiger partial charge in [0.05, 0.1) is 6.20 Å². The number of likely N-dealkylation sites (tertiary alicyclic amines) is 1. The van der Waals surface area contributed by atoms with Gasteiger partial charge in [0.15, 0.2) is 17.1 Å². The van der Waals surface area contributed by atoms with Crippen molar-refractivity contribution in [1.82, 2.24) is 19.5 Å². The van der Waals surface area contributed by atoms with Crippen molar-refractivity contribution >= 4 is 5.65 Å². The molecule has 6 heteroatoms. The van der Waals surface area contributed by atoms with E-state index in [1.165, 1.54) is 11.3 Å². The summed E-state index contributed by atoms with van der Waals surface area (Å²) in [7, 11) is 0. The number of piperidine rings is 1. The Bertz CT molecular complexity index is 915. The van der Waals surface area contributed by atoms with E-state index in [-0.39, 0.29) is 0 Å². The van der Waals surface area contributed by atoms with Gasteiger partial charge in [-0.3, -0.25) is 4.90 Å². The zero-order valence-corrected chi connectivity index (χ0v) is 14.7. The fourth-order valence-corrected chi connectivity index (χ4v) is 3.99. The van der Waals surface area contributed by atoms with Gasteiger partial charge in [-0.05, 0) is 49.7 Å². The highest BCUT2D eigenvalue weighted by Gasteiger charge is 2.23. The third-order valence-corrected chi connectivity index (χ3v) is 5.34. The van der Waals surface area contributed by atoms with Crippen molar-refractivity contribution in [3.8, 4) is 11.5 Å². The number of nitrogens with zero attached hydrogens (tertiary/aromatic N) is 4. The molecule has 5 rings (SSSR count). The standard InChI is InChI=1S/C20H22N4O2/c1-2-18-19(26-12-11-25-18)13-15(1)14-23-9-5-16(6-10-23)17-3-7-21-20-4-8-22-24(17)20/h1-4,7-8,13,16H,5-6,9-12,14H2. The van der Waals surface area contributed by atoms with Crippen LogP contribution >= 0.6 is 0 Å². The number of ether oxygens (including phenoxy) is 2. The summed E-state index contributed by atoms with van der Waals surface area (Å²) in [5.41, 5.74) is 3.49. The third-order valence-electron chi connectivity index (χ3n) is 5.34. The van der Waals surface area contributed by atoms with Gasteiger partial charge in [-0.25, -0.2) is 9.50 Å². The van der Waals surface area contributed by atoms with E-state index in [1.807, 2.05) is 29.0 Å². The number of hydrogen-bond acceptors (Lipinski definition) is 5. The second-order valence-corrected chi connectivity index (χ2v) is 7.00. The highest BCUT2D eigenvalue weighted by Crippen LogP contribution is 2.32. The van der Waals surface area contributed by atoms with Crippen LogP contribution in [0.25, 0.3) is 5.65 Å². The van der Waals surface area contributed by atoms with Crippen LogP contribution in [0.2, 0.25) is 0 Å². The Kier molecular flexibility index (Phi) is 3.97. The largest absolute Gasteiger partial charge is 0.486 e. The number of benzene rings is 1. The molecule has 0 N–H and O–H groups in total. The third kappa shape index (κ3) is 2.90. The lowest BCUT2D eigenvalue weighted by Crippen LogP contribution is -2.33. The van der Waals surface area contributed by atoms with Gasteiger partial charge in [0.1, 0.15) is 13.2 Å². The van der Waals surface area contributed by atoms with Crippen LogP contribution in [0.1, 0.15) is 30.0 Å². The van der Waals surface area contributed by atoms with Gasteiger partial charge in [-0.15, -0.1) is 0 Å². The van der Waals surface area contributed by atoms with Crippen LogP contribution < -0.4 is 9.47 Å². The number of aromatic nitrogens is 3. The Labute approximate surface area is 152 Å². The molecular weight excluding hydrogens is 328 g/mol. The molecule has 0 unspecified atom stereocenters. The van der Waals surface area contributed by atoms with Crippen molar-refractivity contribution in [2.75, 3.05) is 26.3 Å². The van der Waals surface area contributed by atoms with Crippen LogP contribution in [0.4, 0.5) is 0 Å². The van der Waals surface area contributed by atoms with E-state index < -0.39 is 0 Å². The average molecular weight is 350 g/mol. The van der Waals surface area contributed by atoms with Gasteiger partial charge in [0, 0.05) is 30.4 Å². The molecule has 0 atom stereocenters. The fourth-order valence-electron chi connectivity index (χ4n) is 3.99. The highest BCUT2D eigenvalue weighted by molar-refractivity contribution is 5.43. The van der Waals surface area contributed by atoms with E-state index in [2.05, 4.69) is 33.2 Å². The van der Waals surface area contributed by atoms with Crippen molar-refractivity contribution in [2.24, 2.45) is 0 Å². The molecule has 26 heavy (non-hydrogen) atoms. The SMILES string of the molecule is c1cc(C2CCN(Cc3ccc4c(c3)OCCO4)CC2)n2nccc2n1. The van der Waals surface area contributed by atoms with E-state index in [4.69, 9.17) is 9.47 Å². The average Bonchev–Trinajstić information content (AvgIpc) is 3.17. The van der Waals surface area contributed by atoms with Crippen molar-refractivity contribution in [3.63, 3.8) is 0 Å². The lowest BCUT2D eigenvalue weighted by Gasteiger charge is -2.32. The van der Waals surface area contributed by atoms with Gasteiger partial charge < -0.3 is 9.47 Å². The van der Waals surface area contributed by atoms with Crippen LogP contribution in [0.15, 0.2) is 42.7 Å². The van der Waals surface area contributed by atoms with Gasteiger partial charge in [0.25, 0.3) is 0 Å². The summed E-state index contributed by atoms with van der Waals surface area (Å²) >= 11 is 0.